The summed E-state index contributed by atoms with van der Waals surface area (Å²) in [5, 5.41) is 11.9. The zero-order valence-electron chi connectivity index (χ0n) is 11.4. The van der Waals surface area contributed by atoms with Gasteiger partial charge in [0.25, 0.3) is 0 Å². The van der Waals surface area contributed by atoms with Crippen LogP contribution in [0.1, 0.15) is 12.8 Å². The first-order chi connectivity index (χ1) is 9.99. The molecule has 0 saturated carbocycles. The van der Waals surface area contributed by atoms with E-state index in [1.54, 1.807) is 17.0 Å². The van der Waals surface area contributed by atoms with E-state index >= 15 is 0 Å². The van der Waals surface area contributed by atoms with Gasteiger partial charge >= 0.3 is 12.1 Å². The van der Waals surface area contributed by atoms with Gasteiger partial charge in [0.05, 0.1) is 12.1 Å². The van der Waals surface area contributed by atoms with Crippen LogP contribution in [0.2, 0.25) is 0 Å². The van der Waals surface area contributed by atoms with Crippen LogP contribution in [0, 0.1) is 5.82 Å². The molecule has 0 atom stereocenters. The molecule has 2 fully saturated rings. The number of carbonyl (C=O) groups is 2. The van der Waals surface area contributed by atoms with Crippen molar-refractivity contribution < 1.29 is 19.1 Å². The van der Waals surface area contributed by atoms with Crippen molar-refractivity contribution in [1.82, 2.24) is 10.2 Å². The van der Waals surface area contributed by atoms with Crippen molar-refractivity contribution in [2.24, 2.45) is 0 Å². The van der Waals surface area contributed by atoms with E-state index in [1.807, 2.05) is 0 Å². The first-order valence-corrected chi connectivity index (χ1v) is 6.82. The molecule has 0 unspecified atom stereocenters. The SMILES string of the molecule is O=C(O)N1CCC2(CC1)CN(c1ccc(F)cc1)C(=O)N2. The van der Waals surface area contributed by atoms with E-state index in [-0.39, 0.29) is 11.8 Å². The third-order valence-corrected chi connectivity index (χ3v) is 4.21. The van der Waals surface area contributed by atoms with Gasteiger partial charge in [0.1, 0.15) is 5.82 Å². The second-order valence-electron chi connectivity index (χ2n) is 5.54. The van der Waals surface area contributed by atoms with Gasteiger partial charge in [-0.25, -0.2) is 14.0 Å². The Hall–Kier alpha value is -2.31. The maximum Gasteiger partial charge on any atom is 0.407 e. The van der Waals surface area contributed by atoms with E-state index in [4.69, 9.17) is 5.11 Å². The zero-order valence-corrected chi connectivity index (χ0v) is 11.4. The quantitative estimate of drug-likeness (QED) is 0.830. The summed E-state index contributed by atoms with van der Waals surface area (Å²) in [6, 6.07) is 5.56. The molecule has 2 aliphatic heterocycles. The highest BCUT2D eigenvalue weighted by Crippen LogP contribution is 2.31. The summed E-state index contributed by atoms with van der Waals surface area (Å²) in [6.45, 7) is 1.30. The molecule has 2 aliphatic rings. The standard InChI is InChI=1S/C14H16FN3O3/c15-10-1-3-11(4-2-10)18-9-14(16-12(18)19)5-7-17(8-6-14)13(20)21/h1-4H,5-9H2,(H,16,19)(H,20,21). The minimum Gasteiger partial charge on any atom is -0.465 e. The van der Waals surface area contributed by atoms with Gasteiger partial charge in [0.15, 0.2) is 0 Å². The predicted molar refractivity (Wildman–Crippen MR) is 73.8 cm³/mol. The Balaban J connectivity index is 1.73. The number of rotatable bonds is 1. The second-order valence-corrected chi connectivity index (χ2v) is 5.54. The van der Waals surface area contributed by atoms with Gasteiger partial charge in [-0.3, -0.25) is 4.90 Å². The summed E-state index contributed by atoms with van der Waals surface area (Å²) in [7, 11) is 0. The first-order valence-electron chi connectivity index (χ1n) is 6.82. The molecule has 1 aromatic rings. The van der Waals surface area contributed by atoms with Crippen molar-refractivity contribution in [2.45, 2.75) is 18.4 Å². The van der Waals surface area contributed by atoms with Gasteiger partial charge in [0, 0.05) is 18.8 Å². The molecule has 0 aromatic heterocycles. The normalized spacial score (nSPS) is 20.7. The average Bonchev–Trinajstić information content (AvgIpc) is 2.77. The van der Waals surface area contributed by atoms with Crippen LogP contribution < -0.4 is 10.2 Å². The molecule has 1 aromatic carbocycles. The lowest BCUT2D eigenvalue weighted by atomic mass is 9.88. The molecule has 6 nitrogen and oxygen atoms in total. The molecule has 2 saturated heterocycles. The number of carbonyl (C=O) groups excluding carboxylic acids is 1. The molecule has 2 N–H and O–H groups in total. The van der Waals surface area contributed by atoms with Gasteiger partial charge in [-0.05, 0) is 37.1 Å². The highest BCUT2D eigenvalue weighted by atomic mass is 19.1. The third-order valence-electron chi connectivity index (χ3n) is 4.21. The average molecular weight is 293 g/mol. The second kappa shape index (κ2) is 4.91. The fourth-order valence-electron chi connectivity index (χ4n) is 2.95. The van der Waals surface area contributed by atoms with E-state index < -0.39 is 11.6 Å². The van der Waals surface area contributed by atoms with E-state index in [9.17, 15) is 14.0 Å². The Morgan fingerprint density at radius 3 is 2.43 bits per heavy atom. The van der Waals surface area contributed by atoms with Gasteiger partial charge in [-0.1, -0.05) is 0 Å². The molecule has 1 spiro atoms. The fraction of sp³-hybridized carbons (Fsp3) is 0.429. The van der Waals surface area contributed by atoms with Crippen LogP contribution in [0.25, 0.3) is 0 Å². The summed E-state index contributed by atoms with van der Waals surface area (Å²) >= 11 is 0. The number of piperidine rings is 1. The summed E-state index contributed by atoms with van der Waals surface area (Å²) in [6.07, 6.45) is 0.246. The predicted octanol–water partition coefficient (Wildman–Crippen LogP) is 1.87. The molecule has 0 bridgehead atoms. The van der Waals surface area contributed by atoms with Gasteiger partial charge in [-0.15, -0.1) is 0 Å². The fourth-order valence-corrected chi connectivity index (χ4v) is 2.95. The molecule has 7 heteroatoms. The van der Waals surface area contributed by atoms with Crippen molar-refractivity contribution in [2.75, 3.05) is 24.5 Å². The summed E-state index contributed by atoms with van der Waals surface area (Å²) < 4.78 is 13.0. The van der Waals surface area contributed by atoms with Gasteiger partial charge in [0.2, 0.25) is 0 Å². The van der Waals surface area contributed by atoms with Crippen LogP contribution in [0.3, 0.4) is 0 Å². The van der Waals surface area contributed by atoms with Crippen molar-refractivity contribution >= 4 is 17.8 Å². The van der Waals surface area contributed by atoms with Crippen LogP contribution in [0.4, 0.5) is 19.7 Å². The van der Waals surface area contributed by atoms with E-state index in [0.717, 1.165) is 0 Å². The molecule has 0 radical (unpaired) electrons. The summed E-state index contributed by atoms with van der Waals surface area (Å²) in [4.78, 5) is 26.0. The van der Waals surface area contributed by atoms with Crippen molar-refractivity contribution in [1.29, 1.82) is 0 Å². The number of benzene rings is 1. The summed E-state index contributed by atoms with van der Waals surface area (Å²) in [5.74, 6) is -0.345. The summed E-state index contributed by atoms with van der Waals surface area (Å²) in [5.41, 5.74) is 0.253. The number of likely N-dealkylation sites (tertiary alicyclic amines) is 1. The number of anilines is 1. The minimum absolute atomic E-state index is 0.217. The van der Waals surface area contributed by atoms with E-state index in [2.05, 4.69) is 5.32 Å². The molecule has 2 heterocycles. The molecule has 112 valence electrons. The lowest BCUT2D eigenvalue weighted by Gasteiger charge is -2.37. The number of carboxylic acid groups (broad SMARTS) is 1. The Morgan fingerprint density at radius 1 is 1.24 bits per heavy atom. The number of nitrogens with one attached hydrogen (secondary N) is 1. The molecule has 0 aliphatic carbocycles. The Morgan fingerprint density at radius 2 is 1.86 bits per heavy atom. The van der Waals surface area contributed by atoms with E-state index in [0.29, 0.717) is 38.2 Å². The molecule has 3 amide bonds. The highest BCUT2D eigenvalue weighted by Gasteiger charge is 2.45. The lowest BCUT2D eigenvalue weighted by Crippen LogP contribution is -2.53. The number of nitrogens with zero attached hydrogens (tertiary/aromatic N) is 2. The van der Waals surface area contributed by atoms with Crippen LogP contribution in [-0.4, -0.2) is 47.3 Å². The molecule has 3 rings (SSSR count). The first kappa shape index (κ1) is 13.7. The highest BCUT2D eigenvalue weighted by molar-refractivity contribution is 5.95. The van der Waals surface area contributed by atoms with Crippen molar-refractivity contribution in [3.8, 4) is 0 Å². The van der Waals surface area contributed by atoms with Crippen LogP contribution in [-0.2, 0) is 0 Å². The molecule has 21 heavy (non-hydrogen) atoms. The van der Waals surface area contributed by atoms with Gasteiger partial charge in [-0.2, -0.15) is 0 Å². The maximum absolute atomic E-state index is 13.0. The third kappa shape index (κ3) is 2.51. The minimum atomic E-state index is -0.926. The van der Waals surface area contributed by atoms with Crippen LogP contribution in [0.5, 0.6) is 0 Å². The zero-order chi connectivity index (χ0) is 15.0. The number of amides is 3. The maximum atomic E-state index is 13.0. The van der Waals surface area contributed by atoms with Crippen molar-refractivity contribution in [3.63, 3.8) is 0 Å². The van der Waals surface area contributed by atoms with Crippen molar-refractivity contribution in [3.05, 3.63) is 30.1 Å². The Kier molecular flexibility index (Phi) is 3.19. The van der Waals surface area contributed by atoms with E-state index in [1.165, 1.54) is 17.0 Å². The largest absolute Gasteiger partial charge is 0.465 e. The monoisotopic (exact) mass is 293 g/mol. The molecular formula is C14H16FN3O3. The Bertz CT molecular complexity index is 567. The van der Waals surface area contributed by atoms with Gasteiger partial charge < -0.3 is 15.3 Å². The number of hydrogen-bond acceptors (Lipinski definition) is 2. The number of halogens is 1. The molecular weight excluding hydrogens is 277 g/mol. The number of hydrogen-bond donors (Lipinski definition) is 2. The smallest absolute Gasteiger partial charge is 0.407 e. The topological polar surface area (TPSA) is 72.9 Å². The Labute approximate surface area is 121 Å². The lowest BCUT2D eigenvalue weighted by molar-refractivity contribution is 0.116. The van der Waals surface area contributed by atoms with Crippen LogP contribution in [0.15, 0.2) is 24.3 Å². The van der Waals surface area contributed by atoms with Crippen LogP contribution >= 0.6 is 0 Å². The number of urea groups is 1.